The molecule has 1 aliphatic heterocycles. The maximum absolute atomic E-state index is 9.06. The van der Waals surface area contributed by atoms with Crippen LogP contribution in [0.15, 0.2) is 0 Å². The Morgan fingerprint density at radius 2 is 2.50 bits per heavy atom. The first-order valence-electron chi connectivity index (χ1n) is 4.06. The molecule has 10 heavy (non-hydrogen) atoms. The molecule has 58 valence electrons. The second-order valence-electron chi connectivity index (χ2n) is 3.93. The van der Waals surface area contributed by atoms with Gasteiger partial charge in [0.1, 0.15) is 0 Å². The lowest BCUT2D eigenvalue weighted by Gasteiger charge is -2.27. The first-order valence-corrected chi connectivity index (χ1v) is 4.06. The maximum atomic E-state index is 9.06. The fraction of sp³-hybridized carbons (Fsp3) is 1.00. The van der Waals surface area contributed by atoms with E-state index >= 15 is 0 Å². The van der Waals surface area contributed by atoms with Gasteiger partial charge in [0.15, 0.2) is 0 Å². The molecule has 0 spiro atoms. The van der Waals surface area contributed by atoms with Crippen LogP contribution in [-0.4, -0.2) is 36.8 Å². The standard InChI is InChI=1S/C8H15NO/c1-9-3-2-8(6-10)4-7(8)5-9/h7,10H,2-6H2,1H3. The summed E-state index contributed by atoms with van der Waals surface area (Å²) in [5, 5.41) is 9.06. The van der Waals surface area contributed by atoms with Crippen LogP contribution in [-0.2, 0) is 0 Å². The monoisotopic (exact) mass is 141 g/mol. The van der Waals surface area contributed by atoms with Gasteiger partial charge in [-0.25, -0.2) is 0 Å². The maximum Gasteiger partial charge on any atom is 0.0491 e. The molecule has 1 saturated carbocycles. The van der Waals surface area contributed by atoms with Crippen LogP contribution in [0.2, 0.25) is 0 Å². The molecule has 0 amide bonds. The van der Waals surface area contributed by atoms with Crippen molar-refractivity contribution < 1.29 is 5.11 Å². The minimum absolute atomic E-state index is 0.381. The zero-order valence-corrected chi connectivity index (χ0v) is 6.51. The van der Waals surface area contributed by atoms with Crippen molar-refractivity contribution in [3.8, 4) is 0 Å². The number of fused-ring (bicyclic) bond motifs is 1. The van der Waals surface area contributed by atoms with Gasteiger partial charge >= 0.3 is 0 Å². The van der Waals surface area contributed by atoms with E-state index in [1.54, 1.807) is 0 Å². The fourth-order valence-electron chi connectivity index (χ4n) is 2.15. The van der Waals surface area contributed by atoms with E-state index in [-0.39, 0.29) is 0 Å². The van der Waals surface area contributed by atoms with E-state index in [1.165, 1.54) is 25.9 Å². The van der Waals surface area contributed by atoms with Gasteiger partial charge in [0.2, 0.25) is 0 Å². The minimum atomic E-state index is 0.381. The van der Waals surface area contributed by atoms with Crippen molar-refractivity contribution in [1.82, 2.24) is 4.90 Å². The number of piperidine rings is 1. The molecule has 2 atom stereocenters. The van der Waals surface area contributed by atoms with Crippen LogP contribution in [0.4, 0.5) is 0 Å². The van der Waals surface area contributed by atoms with Gasteiger partial charge in [0.25, 0.3) is 0 Å². The zero-order valence-electron chi connectivity index (χ0n) is 6.51. The summed E-state index contributed by atoms with van der Waals surface area (Å²) in [5.41, 5.74) is 0.381. The largest absolute Gasteiger partial charge is 0.396 e. The highest BCUT2D eigenvalue weighted by atomic mass is 16.3. The van der Waals surface area contributed by atoms with Crippen molar-refractivity contribution in [3.05, 3.63) is 0 Å². The molecular formula is C8H15NO. The summed E-state index contributed by atoms with van der Waals surface area (Å²) in [5.74, 6) is 0.816. The molecule has 1 N–H and O–H groups in total. The van der Waals surface area contributed by atoms with Crippen molar-refractivity contribution in [2.24, 2.45) is 11.3 Å². The Kier molecular flexibility index (Phi) is 1.29. The molecule has 2 fully saturated rings. The lowest BCUT2D eigenvalue weighted by atomic mass is 9.97. The van der Waals surface area contributed by atoms with Gasteiger partial charge < -0.3 is 10.0 Å². The molecule has 0 aromatic heterocycles. The Labute approximate surface area is 61.8 Å². The average Bonchev–Trinajstić information content (AvgIpc) is 2.62. The molecule has 2 heteroatoms. The van der Waals surface area contributed by atoms with Crippen LogP contribution >= 0.6 is 0 Å². The smallest absolute Gasteiger partial charge is 0.0491 e. The third-order valence-electron chi connectivity index (χ3n) is 3.20. The Morgan fingerprint density at radius 1 is 1.70 bits per heavy atom. The fourth-order valence-corrected chi connectivity index (χ4v) is 2.15. The number of rotatable bonds is 1. The van der Waals surface area contributed by atoms with Crippen LogP contribution in [0.3, 0.4) is 0 Å². The minimum Gasteiger partial charge on any atom is -0.396 e. The Bertz CT molecular complexity index is 148. The van der Waals surface area contributed by atoms with Crippen LogP contribution in [0.5, 0.6) is 0 Å². The third-order valence-corrected chi connectivity index (χ3v) is 3.20. The van der Waals surface area contributed by atoms with E-state index < -0.39 is 0 Å². The predicted molar refractivity (Wildman–Crippen MR) is 39.7 cm³/mol. The van der Waals surface area contributed by atoms with E-state index in [0.717, 1.165) is 5.92 Å². The molecule has 0 radical (unpaired) electrons. The first kappa shape index (κ1) is 6.62. The number of aliphatic hydroxyl groups excluding tert-OH is 1. The van der Waals surface area contributed by atoms with Gasteiger partial charge in [-0.05, 0) is 37.8 Å². The van der Waals surface area contributed by atoms with Crippen molar-refractivity contribution in [3.63, 3.8) is 0 Å². The van der Waals surface area contributed by atoms with Gasteiger partial charge in [-0.3, -0.25) is 0 Å². The summed E-state index contributed by atoms with van der Waals surface area (Å²) in [7, 11) is 2.17. The van der Waals surface area contributed by atoms with Gasteiger partial charge in [0, 0.05) is 13.2 Å². The van der Waals surface area contributed by atoms with Crippen molar-refractivity contribution in [2.75, 3.05) is 26.7 Å². The zero-order chi connectivity index (χ0) is 7.19. The Morgan fingerprint density at radius 3 is 3.10 bits per heavy atom. The number of hydrogen-bond acceptors (Lipinski definition) is 2. The highest BCUT2D eigenvalue weighted by molar-refractivity contribution is 5.05. The van der Waals surface area contributed by atoms with Crippen LogP contribution < -0.4 is 0 Å². The molecule has 0 aromatic rings. The molecule has 1 aliphatic carbocycles. The summed E-state index contributed by atoms with van der Waals surface area (Å²) in [6.07, 6.45) is 2.48. The summed E-state index contributed by atoms with van der Waals surface area (Å²) in [6.45, 7) is 2.81. The quantitative estimate of drug-likeness (QED) is 0.568. The Hall–Kier alpha value is -0.0800. The predicted octanol–water partition coefficient (Wildman–Crippen LogP) is 0.321. The summed E-state index contributed by atoms with van der Waals surface area (Å²) < 4.78 is 0. The highest BCUT2D eigenvalue weighted by Gasteiger charge is 2.55. The number of hydrogen-bond donors (Lipinski definition) is 1. The number of aliphatic hydroxyl groups is 1. The van der Waals surface area contributed by atoms with E-state index in [9.17, 15) is 0 Å². The third kappa shape index (κ3) is 0.789. The molecular weight excluding hydrogens is 126 g/mol. The number of nitrogens with zero attached hydrogens (tertiary/aromatic N) is 1. The van der Waals surface area contributed by atoms with E-state index in [1.807, 2.05) is 0 Å². The van der Waals surface area contributed by atoms with Crippen molar-refractivity contribution >= 4 is 0 Å². The first-order chi connectivity index (χ1) is 4.77. The van der Waals surface area contributed by atoms with Crippen molar-refractivity contribution in [2.45, 2.75) is 12.8 Å². The van der Waals surface area contributed by atoms with Crippen LogP contribution in [0.25, 0.3) is 0 Å². The second kappa shape index (κ2) is 1.95. The summed E-state index contributed by atoms with van der Waals surface area (Å²) >= 11 is 0. The molecule has 2 aliphatic rings. The van der Waals surface area contributed by atoms with Crippen molar-refractivity contribution in [1.29, 1.82) is 0 Å². The lowest BCUT2D eigenvalue weighted by molar-refractivity contribution is 0.135. The van der Waals surface area contributed by atoms with Crippen LogP contribution in [0.1, 0.15) is 12.8 Å². The van der Waals surface area contributed by atoms with Gasteiger partial charge in [-0.2, -0.15) is 0 Å². The molecule has 0 bridgehead atoms. The SMILES string of the molecule is CN1CCC2(CO)CC2C1. The lowest BCUT2D eigenvalue weighted by Crippen LogP contribution is -2.32. The van der Waals surface area contributed by atoms with E-state index in [4.69, 9.17) is 5.11 Å². The van der Waals surface area contributed by atoms with Gasteiger partial charge in [-0.15, -0.1) is 0 Å². The molecule has 2 rings (SSSR count). The summed E-state index contributed by atoms with van der Waals surface area (Å²) in [6, 6.07) is 0. The van der Waals surface area contributed by atoms with Crippen LogP contribution in [0, 0.1) is 11.3 Å². The molecule has 0 aromatic carbocycles. The summed E-state index contributed by atoms with van der Waals surface area (Å²) in [4.78, 5) is 2.37. The molecule has 2 unspecified atom stereocenters. The van der Waals surface area contributed by atoms with Gasteiger partial charge in [-0.1, -0.05) is 0 Å². The molecule has 1 saturated heterocycles. The van der Waals surface area contributed by atoms with E-state index in [0.29, 0.717) is 12.0 Å². The highest BCUT2D eigenvalue weighted by Crippen LogP contribution is 2.57. The van der Waals surface area contributed by atoms with E-state index in [2.05, 4.69) is 11.9 Å². The molecule has 1 heterocycles. The average molecular weight is 141 g/mol. The van der Waals surface area contributed by atoms with Gasteiger partial charge in [0.05, 0.1) is 0 Å². The topological polar surface area (TPSA) is 23.5 Å². The normalized spacial score (nSPS) is 46.8. The molecule has 2 nitrogen and oxygen atoms in total. The second-order valence-corrected chi connectivity index (χ2v) is 3.93. The Balaban J connectivity index is 1.98. The number of likely N-dealkylation sites (tertiary alicyclic amines) is 1.